The second-order valence-corrected chi connectivity index (χ2v) is 16.5. The molecular weight excluding hydrogens is 761 g/mol. The fraction of sp³-hybridized carbons (Fsp3) is 0.0164. The van der Waals surface area contributed by atoms with Crippen molar-refractivity contribution < 1.29 is 0 Å². The number of nitrogens with zero attached hydrogens (tertiary/aromatic N) is 2. The lowest BCUT2D eigenvalue weighted by molar-refractivity contribution is 0.769. The third kappa shape index (κ3) is 6.10. The molecule has 0 atom stereocenters. The Morgan fingerprint density at radius 3 is 1.46 bits per heavy atom. The summed E-state index contributed by atoms with van der Waals surface area (Å²) >= 11 is 0. The molecule has 1 aliphatic carbocycles. The van der Waals surface area contributed by atoms with Crippen molar-refractivity contribution in [3.8, 4) is 67.3 Å². The van der Waals surface area contributed by atoms with Crippen LogP contribution in [0.5, 0.6) is 0 Å². The van der Waals surface area contributed by atoms with E-state index in [2.05, 4.69) is 237 Å². The number of fused-ring (bicyclic) bond motifs is 5. The Labute approximate surface area is 367 Å². The molecule has 294 valence electrons. The average Bonchev–Trinajstić information content (AvgIpc) is 3.65. The first-order valence-corrected chi connectivity index (χ1v) is 21.6. The molecule has 0 fully saturated rings. The fourth-order valence-corrected chi connectivity index (χ4v) is 10.1. The minimum Gasteiger partial charge on any atom is -0.228 e. The van der Waals surface area contributed by atoms with Crippen LogP contribution in [0.2, 0.25) is 0 Å². The minimum atomic E-state index is -0.485. The lowest BCUT2D eigenvalue weighted by atomic mass is 9.67. The topological polar surface area (TPSA) is 25.8 Å². The number of rotatable bonds is 7. The van der Waals surface area contributed by atoms with Gasteiger partial charge in [0.15, 0.2) is 5.82 Å². The van der Waals surface area contributed by atoms with E-state index in [0.717, 1.165) is 44.4 Å². The summed E-state index contributed by atoms with van der Waals surface area (Å²) in [5.74, 6) is 0.699. The summed E-state index contributed by atoms with van der Waals surface area (Å²) in [6.07, 6.45) is 0. The number of benzene rings is 10. The molecule has 0 saturated heterocycles. The number of hydrogen-bond donors (Lipinski definition) is 0. The average molecular weight is 801 g/mol. The van der Waals surface area contributed by atoms with Gasteiger partial charge in [-0.05, 0) is 114 Å². The predicted octanol–water partition coefficient (Wildman–Crippen LogP) is 15.5. The molecule has 0 bridgehead atoms. The fourth-order valence-electron chi connectivity index (χ4n) is 10.1. The standard InChI is InChI=1S/C61H40N2/c1-5-18-41(19-6-1)43-24-17-25-47(36-43)59-40-58(42-20-7-2-8-21-42)62-60(63-59)53-34-33-50(51-30-15-16-31-52(51)53)46-32-35-56-54(38-46)55-37-44-22-13-14-23-45(44)39-57(55)61(56,48-26-9-3-10-27-48)49-28-11-4-12-29-49/h1-40H. The smallest absolute Gasteiger partial charge is 0.161 e. The molecule has 1 heterocycles. The molecule has 12 rings (SSSR count). The van der Waals surface area contributed by atoms with Crippen molar-refractivity contribution in [1.29, 1.82) is 0 Å². The van der Waals surface area contributed by atoms with Gasteiger partial charge in [0.1, 0.15) is 0 Å². The Morgan fingerprint density at radius 2 is 0.778 bits per heavy atom. The molecule has 11 aromatic rings. The minimum absolute atomic E-state index is 0.485. The van der Waals surface area contributed by atoms with Gasteiger partial charge in [0.05, 0.1) is 16.8 Å². The van der Waals surface area contributed by atoms with Crippen LogP contribution < -0.4 is 0 Å². The molecule has 0 spiro atoms. The van der Waals surface area contributed by atoms with Crippen molar-refractivity contribution in [2.45, 2.75) is 5.41 Å². The van der Waals surface area contributed by atoms with Gasteiger partial charge in [-0.2, -0.15) is 0 Å². The van der Waals surface area contributed by atoms with Crippen LogP contribution in [0.4, 0.5) is 0 Å². The van der Waals surface area contributed by atoms with Gasteiger partial charge in [-0.3, -0.25) is 0 Å². The van der Waals surface area contributed by atoms with Gasteiger partial charge in [-0.1, -0.05) is 206 Å². The van der Waals surface area contributed by atoms with E-state index in [9.17, 15) is 0 Å². The van der Waals surface area contributed by atoms with Crippen LogP contribution in [-0.2, 0) is 5.41 Å². The van der Waals surface area contributed by atoms with E-state index >= 15 is 0 Å². The van der Waals surface area contributed by atoms with Gasteiger partial charge in [0, 0.05) is 16.7 Å². The monoisotopic (exact) mass is 800 g/mol. The van der Waals surface area contributed by atoms with E-state index in [1.54, 1.807) is 0 Å². The van der Waals surface area contributed by atoms with Crippen LogP contribution in [0.3, 0.4) is 0 Å². The zero-order valence-corrected chi connectivity index (χ0v) is 34.5. The first kappa shape index (κ1) is 36.6. The van der Waals surface area contributed by atoms with Crippen molar-refractivity contribution in [1.82, 2.24) is 9.97 Å². The van der Waals surface area contributed by atoms with Crippen LogP contribution in [0.1, 0.15) is 22.3 Å². The predicted molar refractivity (Wildman–Crippen MR) is 262 cm³/mol. The Morgan fingerprint density at radius 1 is 0.270 bits per heavy atom. The molecule has 0 N–H and O–H groups in total. The molecule has 0 saturated carbocycles. The Hall–Kier alpha value is -8.20. The second-order valence-electron chi connectivity index (χ2n) is 16.5. The quantitative estimate of drug-likeness (QED) is 0.160. The van der Waals surface area contributed by atoms with Crippen LogP contribution in [0.15, 0.2) is 243 Å². The van der Waals surface area contributed by atoms with E-state index in [0.29, 0.717) is 5.82 Å². The third-order valence-electron chi connectivity index (χ3n) is 13.0. The molecule has 0 aliphatic heterocycles. The third-order valence-corrected chi connectivity index (χ3v) is 13.0. The molecule has 63 heavy (non-hydrogen) atoms. The highest BCUT2D eigenvalue weighted by molar-refractivity contribution is 6.05. The SMILES string of the molecule is c1ccc(-c2cccc(-c3cc(-c4ccccc4)nc(-c4ccc(-c5ccc6c(c5)-c5cc7ccccc7cc5C6(c5ccccc5)c5ccccc5)c5ccccc45)n3)c2)cc1. The van der Waals surface area contributed by atoms with Gasteiger partial charge in [-0.25, -0.2) is 9.97 Å². The van der Waals surface area contributed by atoms with E-state index in [1.165, 1.54) is 60.8 Å². The zero-order valence-electron chi connectivity index (χ0n) is 34.5. The molecular formula is C61H40N2. The summed E-state index contributed by atoms with van der Waals surface area (Å²) in [5, 5.41) is 4.75. The maximum atomic E-state index is 5.35. The van der Waals surface area contributed by atoms with E-state index in [4.69, 9.17) is 9.97 Å². The molecule has 10 aromatic carbocycles. The summed E-state index contributed by atoms with van der Waals surface area (Å²) in [6, 6.07) is 87.8. The number of hydrogen-bond acceptors (Lipinski definition) is 2. The van der Waals surface area contributed by atoms with Crippen LogP contribution in [0.25, 0.3) is 88.8 Å². The first-order chi connectivity index (χ1) is 31.2. The van der Waals surface area contributed by atoms with E-state index in [1.807, 2.05) is 6.07 Å². The summed E-state index contributed by atoms with van der Waals surface area (Å²) < 4.78 is 0. The lowest BCUT2D eigenvalue weighted by Crippen LogP contribution is -2.28. The van der Waals surface area contributed by atoms with Crippen molar-refractivity contribution in [2.75, 3.05) is 0 Å². The summed E-state index contributed by atoms with van der Waals surface area (Å²) in [5.41, 5.74) is 16.7. The van der Waals surface area contributed by atoms with Gasteiger partial charge in [0.2, 0.25) is 0 Å². The van der Waals surface area contributed by atoms with Crippen molar-refractivity contribution >= 4 is 21.5 Å². The van der Waals surface area contributed by atoms with Gasteiger partial charge >= 0.3 is 0 Å². The van der Waals surface area contributed by atoms with Crippen molar-refractivity contribution in [2.24, 2.45) is 0 Å². The highest BCUT2D eigenvalue weighted by Crippen LogP contribution is 2.57. The summed E-state index contributed by atoms with van der Waals surface area (Å²) in [7, 11) is 0. The van der Waals surface area contributed by atoms with Crippen LogP contribution in [0, 0.1) is 0 Å². The maximum absolute atomic E-state index is 5.35. The Bertz CT molecular complexity index is 3450. The zero-order chi connectivity index (χ0) is 41.7. The Balaban J connectivity index is 1.05. The molecule has 2 nitrogen and oxygen atoms in total. The molecule has 0 amide bonds. The van der Waals surface area contributed by atoms with Crippen molar-refractivity contribution in [3.05, 3.63) is 265 Å². The largest absolute Gasteiger partial charge is 0.228 e. The van der Waals surface area contributed by atoms with Gasteiger partial charge in [-0.15, -0.1) is 0 Å². The highest BCUT2D eigenvalue weighted by atomic mass is 14.9. The summed E-state index contributed by atoms with van der Waals surface area (Å²) in [4.78, 5) is 10.6. The van der Waals surface area contributed by atoms with E-state index < -0.39 is 5.41 Å². The normalized spacial score (nSPS) is 12.6. The maximum Gasteiger partial charge on any atom is 0.161 e. The molecule has 1 aliphatic rings. The summed E-state index contributed by atoms with van der Waals surface area (Å²) in [6.45, 7) is 0. The van der Waals surface area contributed by atoms with E-state index in [-0.39, 0.29) is 0 Å². The molecule has 1 aromatic heterocycles. The highest BCUT2D eigenvalue weighted by Gasteiger charge is 2.46. The second kappa shape index (κ2) is 15.1. The Kier molecular flexibility index (Phi) is 8.76. The van der Waals surface area contributed by atoms with Crippen LogP contribution in [-0.4, -0.2) is 9.97 Å². The molecule has 2 heteroatoms. The van der Waals surface area contributed by atoms with Crippen LogP contribution >= 0.6 is 0 Å². The lowest BCUT2D eigenvalue weighted by Gasteiger charge is -2.34. The van der Waals surface area contributed by atoms with Gasteiger partial charge < -0.3 is 0 Å². The molecule has 0 radical (unpaired) electrons. The first-order valence-electron chi connectivity index (χ1n) is 21.6. The van der Waals surface area contributed by atoms with Crippen molar-refractivity contribution in [3.63, 3.8) is 0 Å². The van der Waals surface area contributed by atoms with Gasteiger partial charge in [0.25, 0.3) is 0 Å². The molecule has 0 unspecified atom stereocenters. The number of aromatic nitrogens is 2.